The van der Waals surface area contributed by atoms with Gasteiger partial charge in [0.15, 0.2) is 5.78 Å². The molecule has 2 aliphatic rings. The molecule has 2 heterocycles. The summed E-state index contributed by atoms with van der Waals surface area (Å²) in [4.78, 5) is 16.1. The summed E-state index contributed by atoms with van der Waals surface area (Å²) >= 11 is 0. The van der Waals surface area contributed by atoms with Crippen LogP contribution < -0.4 is 0 Å². The molecule has 0 saturated heterocycles. The lowest BCUT2D eigenvalue weighted by Gasteiger charge is -2.33. The zero-order valence-corrected chi connectivity index (χ0v) is 18.6. The number of hydrogen-bond acceptors (Lipinski definition) is 4. The summed E-state index contributed by atoms with van der Waals surface area (Å²) < 4.78 is 35.0. The van der Waals surface area contributed by atoms with E-state index in [-0.39, 0.29) is 18.4 Å². The summed E-state index contributed by atoms with van der Waals surface area (Å²) in [6.45, 7) is 2.06. The monoisotopic (exact) mass is 440 g/mol. The molecule has 0 amide bonds. The summed E-state index contributed by atoms with van der Waals surface area (Å²) in [5.74, 6) is 0.790. The first kappa shape index (κ1) is 20.5. The molecule has 31 heavy (non-hydrogen) atoms. The summed E-state index contributed by atoms with van der Waals surface area (Å²) in [5.41, 5.74) is 3.08. The molecule has 164 valence electrons. The van der Waals surface area contributed by atoms with E-state index in [1.165, 1.54) is 0 Å². The second-order valence-corrected chi connectivity index (χ2v) is 10.7. The van der Waals surface area contributed by atoms with Gasteiger partial charge in [-0.15, -0.1) is 0 Å². The first-order valence-corrected chi connectivity index (χ1v) is 12.6. The number of carbonyl (C=O) groups is 1. The number of furan rings is 1. The number of carbonyl (C=O) groups excluding carboxylic acids is 1. The molecule has 1 N–H and O–H groups in total. The molecule has 1 aromatic carbocycles. The number of H-pyrrole nitrogens is 1. The number of aromatic nitrogens is 1. The Bertz CT molecular complexity index is 1220. The molecule has 0 unspecified atom stereocenters. The third-order valence-electron chi connectivity index (χ3n) is 6.74. The number of sulfonamides is 1. The third kappa shape index (κ3) is 3.64. The average Bonchev–Trinajstić information content (AvgIpc) is 3.39. The van der Waals surface area contributed by atoms with Crippen molar-refractivity contribution in [1.82, 2.24) is 9.29 Å². The van der Waals surface area contributed by atoms with E-state index in [1.807, 2.05) is 19.1 Å². The van der Waals surface area contributed by atoms with Crippen LogP contribution in [-0.4, -0.2) is 29.5 Å². The number of nitrogens with zero attached hydrogens (tertiary/aromatic N) is 1. The van der Waals surface area contributed by atoms with Crippen LogP contribution in [-0.2, 0) is 23.0 Å². The SMILES string of the molecule is Cc1cc2c3c([nH]c2cc1S(=O)(=O)N(Cc1ccco1)C1CCCCC1)CCCC3=O. The number of benzene rings is 1. The lowest BCUT2D eigenvalue weighted by Crippen LogP contribution is -2.41. The van der Waals surface area contributed by atoms with E-state index >= 15 is 0 Å². The van der Waals surface area contributed by atoms with E-state index in [2.05, 4.69) is 4.98 Å². The number of fused-ring (bicyclic) bond motifs is 3. The first-order chi connectivity index (χ1) is 14.9. The van der Waals surface area contributed by atoms with Gasteiger partial charge in [-0.3, -0.25) is 4.79 Å². The van der Waals surface area contributed by atoms with Crippen LogP contribution in [0.3, 0.4) is 0 Å². The number of hydrogen-bond donors (Lipinski definition) is 1. The minimum atomic E-state index is -3.75. The largest absolute Gasteiger partial charge is 0.468 e. The molecule has 1 fully saturated rings. The number of nitrogens with one attached hydrogen (secondary N) is 1. The predicted octanol–water partition coefficient (Wildman–Crippen LogP) is 5.11. The maximum atomic E-state index is 13.9. The van der Waals surface area contributed by atoms with Crippen LogP contribution in [0.4, 0.5) is 0 Å². The van der Waals surface area contributed by atoms with Gasteiger partial charge in [0, 0.05) is 34.6 Å². The fourth-order valence-electron chi connectivity index (χ4n) is 5.18. The smallest absolute Gasteiger partial charge is 0.244 e. The van der Waals surface area contributed by atoms with Crippen molar-refractivity contribution in [1.29, 1.82) is 0 Å². The highest BCUT2D eigenvalue weighted by Crippen LogP contribution is 2.35. The highest BCUT2D eigenvalue weighted by Gasteiger charge is 2.35. The number of ketones is 1. The van der Waals surface area contributed by atoms with Crippen molar-refractivity contribution < 1.29 is 17.6 Å². The Labute approximate surface area is 182 Å². The molecule has 2 aliphatic carbocycles. The summed E-state index contributed by atoms with van der Waals surface area (Å²) in [6, 6.07) is 7.18. The quantitative estimate of drug-likeness (QED) is 0.597. The summed E-state index contributed by atoms with van der Waals surface area (Å²) in [5, 5.41) is 0.839. The van der Waals surface area contributed by atoms with Gasteiger partial charge in [-0.1, -0.05) is 19.3 Å². The van der Waals surface area contributed by atoms with Crippen molar-refractivity contribution in [3.8, 4) is 0 Å². The van der Waals surface area contributed by atoms with E-state index < -0.39 is 10.0 Å². The van der Waals surface area contributed by atoms with Crippen LogP contribution in [0.5, 0.6) is 0 Å². The van der Waals surface area contributed by atoms with Gasteiger partial charge in [-0.25, -0.2) is 8.42 Å². The predicted molar refractivity (Wildman–Crippen MR) is 119 cm³/mol. The van der Waals surface area contributed by atoms with Gasteiger partial charge in [-0.2, -0.15) is 4.31 Å². The molecule has 1 saturated carbocycles. The topological polar surface area (TPSA) is 83.4 Å². The molecule has 2 aromatic heterocycles. The first-order valence-electron chi connectivity index (χ1n) is 11.2. The summed E-state index contributed by atoms with van der Waals surface area (Å²) in [6.07, 6.45) is 8.76. The minimum absolute atomic E-state index is 0.0302. The van der Waals surface area contributed by atoms with Gasteiger partial charge in [0.05, 0.1) is 17.7 Å². The van der Waals surface area contributed by atoms with E-state index in [0.717, 1.165) is 67.1 Å². The molecule has 3 aromatic rings. The van der Waals surface area contributed by atoms with Crippen molar-refractivity contribution in [2.45, 2.75) is 75.8 Å². The van der Waals surface area contributed by atoms with Gasteiger partial charge in [0.25, 0.3) is 0 Å². The van der Waals surface area contributed by atoms with E-state index in [4.69, 9.17) is 4.42 Å². The van der Waals surface area contributed by atoms with Crippen LogP contribution in [0.15, 0.2) is 39.8 Å². The Morgan fingerprint density at radius 3 is 2.68 bits per heavy atom. The molecule has 0 spiro atoms. The Hall–Kier alpha value is -2.38. The van der Waals surface area contributed by atoms with Crippen molar-refractivity contribution in [3.05, 3.63) is 53.1 Å². The highest BCUT2D eigenvalue weighted by atomic mass is 32.2. The molecule has 7 heteroatoms. The lowest BCUT2D eigenvalue weighted by molar-refractivity contribution is 0.0974. The number of aryl methyl sites for hydroxylation is 2. The molecular weight excluding hydrogens is 412 g/mol. The number of aromatic amines is 1. The zero-order valence-electron chi connectivity index (χ0n) is 17.8. The van der Waals surface area contributed by atoms with Gasteiger partial charge >= 0.3 is 0 Å². The molecular formula is C24H28N2O4S. The van der Waals surface area contributed by atoms with Crippen molar-refractivity contribution in [2.24, 2.45) is 0 Å². The van der Waals surface area contributed by atoms with Gasteiger partial charge in [0.2, 0.25) is 10.0 Å². The maximum absolute atomic E-state index is 13.9. The Kier molecular flexibility index (Phi) is 5.26. The second kappa shape index (κ2) is 7.95. The minimum Gasteiger partial charge on any atom is -0.468 e. The normalized spacial score (nSPS) is 18.1. The molecule has 0 aliphatic heterocycles. The second-order valence-electron chi connectivity index (χ2n) is 8.84. The zero-order chi connectivity index (χ0) is 21.6. The van der Waals surface area contributed by atoms with Crippen molar-refractivity contribution in [2.75, 3.05) is 0 Å². The molecule has 0 bridgehead atoms. The van der Waals surface area contributed by atoms with Crippen LogP contribution in [0.2, 0.25) is 0 Å². The lowest BCUT2D eigenvalue weighted by atomic mass is 9.94. The van der Waals surface area contributed by atoms with Crippen molar-refractivity contribution in [3.63, 3.8) is 0 Å². The molecule has 6 nitrogen and oxygen atoms in total. The van der Waals surface area contributed by atoms with E-state index in [1.54, 1.807) is 22.7 Å². The number of rotatable bonds is 5. The Morgan fingerprint density at radius 2 is 1.94 bits per heavy atom. The van der Waals surface area contributed by atoms with E-state index in [0.29, 0.717) is 22.6 Å². The van der Waals surface area contributed by atoms with Crippen LogP contribution in [0.25, 0.3) is 10.9 Å². The molecule has 5 rings (SSSR count). The van der Waals surface area contributed by atoms with Crippen LogP contribution in [0, 0.1) is 6.92 Å². The fourth-order valence-corrected chi connectivity index (χ4v) is 7.07. The van der Waals surface area contributed by atoms with Gasteiger partial charge in [-0.05, 0) is 62.4 Å². The third-order valence-corrected chi connectivity index (χ3v) is 8.78. The van der Waals surface area contributed by atoms with Gasteiger partial charge < -0.3 is 9.40 Å². The summed E-state index contributed by atoms with van der Waals surface area (Å²) in [7, 11) is -3.75. The average molecular weight is 441 g/mol. The fraction of sp³-hybridized carbons (Fsp3) is 0.458. The Balaban J connectivity index is 1.60. The van der Waals surface area contributed by atoms with Crippen molar-refractivity contribution >= 4 is 26.7 Å². The Morgan fingerprint density at radius 1 is 1.13 bits per heavy atom. The van der Waals surface area contributed by atoms with Gasteiger partial charge in [0.1, 0.15) is 5.76 Å². The van der Waals surface area contributed by atoms with Crippen LogP contribution in [0.1, 0.15) is 72.3 Å². The van der Waals surface area contributed by atoms with E-state index in [9.17, 15) is 13.2 Å². The number of Topliss-reactive ketones (excluding diaryl/α,β-unsaturated/α-hetero) is 1. The maximum Gasteiger partial charge on any atom is 0.244 e. The molecule has 0 radical (unpaired) electrons. The molecule has 0 atom stereocenters. The standard InChI is InChI=1S/C24H28N2O4S/c1-16-13-19-21(25-20-10-5-11-22(27)24(19)20)14-23(16)31(28,29)26(15-18-9-6-12-30-18)17-7-3-2-4-8-17/h6,9,12-14,17,25H,2-5,7-8,10-11,15H2,1H3. The van der Waals surface area contributed by atoms with Crippen LogP contribution >= 0.6 is 0 Å². The highest BCUT2D eigenvalue weighted by molar-refractivity contribution is 7.89.